The van der Waals surface area contributed by atoms with Gasteiger partial charge in [0.2, 0.25) is 0 Å². The van der Waals surface area contributed by atoms with Gasteiger partial charge in [0.15, 0.2) is 6.10 Å². The van der Waals surface area contributed by atoms with Gasteiger partial charge in [-0.1, -0.05) is 0 Å². The van der Waals surface area contributed by atoms with Crippen LogP contribution in [0.3, 0.4) is 0 Å². The van der Waals surface area contributed by atoms with E-state index in [9.17, 15) is 9.59 Å². The number of imidazole rings is 1. The van der Waals surface area contributed by atoms with Crippen molar-refractivity contribution in [2.75, 3.05) is 26.2 Å². The Kier molecular flexibility index (Phi) is 4.94. The van der Waals surface area contributed by atoms with Gasteiger partial charge in [0.1, 0.15) is 0 Å². The van der Waals surface area contributed by atoms with E-state index in [1.807, 2.05) is 10.8 Å². The first-order valence-electron chi connectivity index (χ1n) is 6.50. The zero-order valence-corrected chi connectivity index (χ0v) is 11.1. The first-order valence-corrected chi connectivity index (χ1v) is 6.50. The van der Waals surface area contributed by atoms with Crippen molar-refractivity contribution in [2.24, 2.45) is 0 Å². The summed E-state index contributed by atoms with van der Waals surface area (Å²) in [5.74, 6) is -1.04. The van der Waals surface area contributed by atoms with E-state index in [1.165, 1.54) is 4.90 Å². The van der Waals surface area contributed by atoms with Crippen LogP contribution < -0.4 is 5.32 Å². The molecule has 2 rings (SSSR count). The largest absolute Gasteiger partial charge is 0.479 e. The molecular weight excluding hydrogens is 264 g/mol. The summed E-state index contributed by atoms with van der Waals surface area (Å²) < 4.78 is 6.99. The maximum atomic E-state index is 11.9. The maximum absolute atomic E-state index is 11.9. The number of ether oxygens (including phenoxy) is 1. The van der Waals surface area contributed by atoms with Crippen LogP contribution in [0.4, 0.5) is 4.79 Å². The topological polar surface area (TPSA) is 96.7 Å². The minimum atomic E-state index is -1.04. The predicted octanol–water partition coefficient (Wildman–Crippen LogP) is -0.232. The second-order valence-electron chi connectivity index (χ2n) is 4.53. The summed E-state index contributed by atoms with van der Waals surface area (Å²) in [6, 6.07) is -0.245. The first-order chi connectivity index (χ1) is 9.66. The molecule has 1 aromatic heterocycles. The summed E-state index contributed by atoms with van der Waals surface area (Å²) in [7, 11) is 0. The number of hydrogen-bond acceptors (Lipinski definition) is 4. The molecule has 0 saturated carbocycles. The third kappa shape index (κ3) is 3.95. The smallest absolute Gasteiger partial charge is 0.334 e. The number of carbonyl (C=O) groups excluding carboxylic acids is 1. The number of aromatic nitrogens is 2. The minimum absolute atomic E-state index is 0.0860. The van der Waals surface area contributed by atoms with Gasteiger partial charge in [0, 0.05) is 32.0 Å². The molecule has 0 aromatic carbocycles. The quantitative estimate of drug-likeness (QED) is 0.727. The molecule has 1 aliphatic rings. The summed E-state index contributed by atoms with van der Waals surface area (Å²) in [6.45, 7) is 2.06. The van der Waals surface area contributed by atoms with Gasteiger partial charge in [0.25, 0.3) is 0 Å². The number of rotatable bonds is 5. The Morgan fingerprint density at radius 2 is 2.35 bits per heavy atom. The van der Waals surface area contributed by atoms with Gasteiger partial charge in [0.05, 0.1) is 19.5 Å². The minimum Gasteiger partial charge on any atom is -0.479 e. The lowest BCUT2D eigenvalue weighted by atomic mass is 10.3. The van der Waals surface area contributed by atoms with Gasteiger partial charge in [-0.05, 0) is 6.42 Å². The van der Waals surface area contributed by atoms with Crippen molar-refractivity contribution in [1.82, 2.24) is 19.8 Å². The highest BCUT2D eigenvalue weighted by molar-refractivity contribution is 5.77. The average Bonchev–Trinajstić information content (AvgIpc) is 2.96. The molecule has 2 heterocycles. The van der Waals surface area contributed by atoms with Crippen LogP contribution in [0.2, 0.25) is 0 Å². The van der Waals surface area contributed by atoms with E-state index in [0.717, 1.165) is 13.0 Å². The maximum Gasteiger partial charge on any atom is 0.334 e. The van der Waals surface area contributed by atoms with Crippen molar-refractivity contribution >= 4 is 12.0 Å². The standard InChI is InChI=1S/C12H18N4O4/c17-11(18)10-8-16(6-7-20-10)12(19)14-2-1-4-15-5-3-13-9-15/h3,5,9-10H,1-2,4,6-8H2,(H,14,19)(H,17,18). The number of hydrogen-bond donors (Lipinski definition) is 2. The number of aliphatic carboxylic acids is 1. The van der Waals surface area contributed by atoms with Crippen LogP contribution in [0.25, 0.3) is 0 Å². The second kappa shape index (κ2) is 6.90. The Bertz CT molecular complexity index is 448. The van der Waals surface area contributed by atoms with E-state index in [4.69, 9.17) is 9.84 Å². The van der Waals surface area contributed by atoms with E-state index >= 15 is 0 Å². The number of amides is 2. The summed E-state index contributed by atoms with van der Waals surface area (Å²) >= 11 is 0. The summed E-state index contributed by atoms with van der Waals surface area (Å²) in [5.41, 5.74) is 0. The molecule has 1 unspecified atom stereocenters. The molecular formula is C12H18N4O4. The van der Waals surface area contributed by atoms with E-state index in [-0.39, 0.29) is 19.2 Å². The van der Waals surface area contributed by atoms with Crippen molar-refractivity contribution in [1.29, 1.82) is 0 Å². The molecule has 0 spiro atoms. The summed E-state index contributed by atoms with van der Waals surface area (Å²) in [5, 5.41) is 11.6. The number of carboxylic acid groups (broad SMARTS) is 1. The van der Waals surface area contributed by atoms with Crippen LogP contribution in [0.1, 0.15) is 6.42 Å². The number of nitrogens with zero attached hydrogens (tertiary/aromatic N) is 3. The average molecular weight is 282 g/mol. The molecule has 0 radical (unpaired) electrons. The lowest BCUT2D eigenvalue weighted by Gasteiger charge is -2.30. The first kappa shape index (κ1) is 14.3. The third-order valence-electron chi connectivity index (χ3n) is 3.06. The Morgan fingerprint density at radius 3 is 3.05 bits per heavy atom. The highest BCUT2D eigenvalue weighted by Crippen LogP contribution is 2.05. The molecule has 8 heteroatoms. The summed E-state index contributed by atoms with van der Waals surface area (Å²) in [4.78, 5) is 28.1. The van der Waals surface area contributed by atoms with Crippen LogP contribution >= 0.6 is 0 Å². The predicted molar refractivity (Wildman–Crippen MR) is 69.2 cm³/mol. The van der Waals surface area contributed by atoms with Crippen molar-refractivity contribution in [3.05, 3.63) is 18.7 Å². The molecule has 1 saturated heterocycles. The van der Waals surface area contributed by atoms with Gasteiger partial charge >= 0.3 is 12.0 Å². The van der Waals surface area contributed by atoms with E-state index in [0.29, 0.717) is 13.1 Å². The van der Waals surface area contributed by atoms with Gasteiger partial charge in [-0.25, -0.2) is 14.6 Å². The molecule has 110 valence electrons. The highest BCUT2D eigenvalue weighted by Gasteiger charge is 2.28. The van der Waals surface area contributed by atoms with Crippen LogP contribution in [-0.2, 0) is 16.1 Å². The van der Waals surface area contributed by atoms with Crippen molar-refractivity contribution < 1.29 is 19.4 Å². The van der Waals surface area contributed by atoms with Crippen molar-refractivity contribution in [3.63, 3.8) is 0 Å². The molecule has 1 fully saturated rings. The molecule has 1 aliphatic heterocycles. The lowest BCUT2D eigenvalue weighted by molar-refractivity contribution is -0.154. The number of urea groups is 1. The molecule has 2 N–H and O–H groups in total. The SMILES string of the molecule is O=C(O)C1CN(C(=O)NCCCn2ccnc2)CCO1. The van der Waals surface area contributed by atoms with Gasteiger partial charge in [-0.2, -0.15) is 0 Å². The Morgan fingerprint density at radius 1 is 1.50 bits per heavy atom. The number of aryl methyl sites for hydroxylation is 1. The molecule has 1 atom stereocenters. The molecule has 1 aromatic rings. The zero-order chi connectivity index (χ0) is 14.4. The van der Waals surface area contributed by atoms with Crippen LogP contribution in [0.15, 0.2) is 18.7 Å². The second-order valence-corrected chi connectivity index (χ2v) is 4.53. The van der Waals surface area contributed by atoms with Gasteiger partial charge in [-0.15, -0.1) is 0 Å². The summed E-state index contributed by atoms with van der Waals surface area (Å²) in [6.07, 6.45) is 5.15. The van der Waals surface area contributed by atoms with E-state index < -0.39 is 12.1 Å². The number of carbonyl (C=O) groups is 2. The number of morpholine rings is 1. The fourth-order valence-electron chi connectivity index (χ4n) is 1.97. The molecule has 0 aliphatic carbocycles. The Hall–Kier alpha value is -2.09. The fraction of sp³-hybridized carbons (Fsp3) is 0.583. The fourth-order valence-corrected chi connectivity index (χ4v) is 1.97. The van der Waals surface area contributed by atoms with Crippen LogP contribution in [-0.4, -0.2) is 63.9 Å². The van der Waals surface area contributed by atoms with E-state index in [2.05, 4.69) is 10.3 Å². The third-order valence-corrected chi connectivity index (χ3v) is 3.06. The molecule has 0 bridgehead atoms. The van der Waals surface area contributed by atoms with Crippen molar-refractivity contribution in [2.45, 2.75) is 19.1 Å². The number of carboxylic acids is 1. The van der Waals surface area contributed by atoms with Crippen LogP contribution in [0, 0.1) is 0 Å². The molecule has 20 heavy (non-hydrogen) atoms. The monoisotopic (exact) mass is 282 g/mol. The molecule has 8 nitrogen and oxygen atoms in total. The Balaban J connectivity index is 1.67. The zero-order valence-electron chi connectivity index (χ0n) is 11.1. The van der Waals surface area contributed by atoms with Crippen molar-refractivity contribution in [3.8, 4) is 0 Å². The van der Waals surface area contributed by atoms with Gasteiger partial charge < -0.3 is 24.6 Å². The lowest BCUT2D eigenvalue weighted by Crippen LogP contribution is -2.51. The Labute approximate surface area is 116 Å². The van der Waals surface area contributed by atoms with E-state index in [1.54, 1.807) is 12.5 Å². The van der Waals surface area contributed by atoms with Gasteiger partial charge in [-0.3, -0.25) is 0 Å². The van der Waals surface area contributed by atoms with Crippen LogP contribution in [0.5, 0.6) is 0 Å². The highest BCUT2D eigenvalue weighted by atomic mass is 16.5. The number of nitrogens with one attached hydrogen (secondary N) is 1. The molecule has 2 amide bonds. The normalized spacial score (nSPS) is 18.8.